The molecule has 0 atom stereocenters. The van der Waals surface area contributed by atoms with Gasteiger partial charge >= 0.3 is 0 Å². The van der Waals surface area contributed by atoms with E-state index >= 15 is 0 Å². The Balaban J connectivity index is 2.97. The zero-order chi connectivity index (χ0) is 10.4. The van der Waals surface area contributed by atoms with E-state index < -0.39 is 0 Å². The molecule has 0 bridgehead atoms. The maximum atomic E-state index is 2.15. The highest BCUT2D eigenvalue weighted by atomic mass is 32.2. The fourth-order valence-electron chi connectivity index (χ4n) is 1.20. The second kappa shape index (κ2) is 5.71. The molecule has 1 aromatic rings. The van der Waals surface area contributed by atoms with Crippen LogP contribution in [0.2, 0.25) is 0 Å². The zero-order valence-corrected chi connectivity index (χ0v) is 9.77. The van der Waals surface area contributed by atoms with Crippen LogP contribution in [0.25, 0.3) is 4.91 Å². The first-order chi connectivity index (χ1) is 6.75. The molecule has 0 aliphatic carbocycles. The molecule has 0 nitrogen and oxygen atoms in total. The molecule has 1 rings (SSSR count). The van der Waals surface area contributed by atoms with Crippen molar-refractivity contribution in [3.8, 4) is 0 Å². The van der Waals surface area contributed by atoms with Crippen LogP contribution in [-0.4, -0.2) is 0 Å². The van der Waals surface area contributed by atoms with Crippen molar-refractivity contribution in [2.24, 2.45) is 0 Å². The predicted molar refractivity (Wildman–Crippen MR) is 67.1 cm³/mol. The number of benzene rings is 1. The molecule has 1 aromatic carbocycles. The highest BCUT2D eigenvalue weighted by Crippen LogP contribution is 2.31. The van der Waals surface area contributed by atoms with Gasteiger partial charge in [0, 0.05) is 4.91 Å². The SMILES string of the molecule is C/C=C\SC(=C(C)C)c1ccccc1. The standard InChI is InChI=1S/C13H16S/c1-4-10-14-13(11(2)3)12-8-6-5-7-9-12/h4-10H,1-3H3/b10-4-. The fraction of sp³-hybridized carbons (Fsp3) is 0.231. The maximum absolute atomic E-state index is 2.15. The molecular weight excluding hydrogens is 188 g/mol. The maximum Gasteiger partial charge on any atom is 0.0175 e. The van der Waals surface area contributed by atoms with Crippen LogP contribution in [0.15, 0.2) is 47.4 Å². The van der Waals surface area contributed by atoms with Crippen LogP contribution in [-0.2, 0) is 0 Å². The van der Waals surface area contributed by atoms with Crippen molar-refractivity contribution < 1.29 is 0 Å². The third-order valence-corrected chi connectivity index (χ3v) is 3.10. The molecule has 0 aliphatic rings. The van der Waals surface area contributed by atoms with Crippen molar-refractivity contribution in [2.45, 2.75) is 20.8 Å². The summed E-state index contributed by atoms with van der Waals surface area (Å²) in [6.07, 6.45) is 2.07. The van der Waals surface area contributed by atoms with Crippen LogP contribution < -0.4 is 0 Å². The summed E-state index contributed by atoms with van der Waals surface area (Å²) in [5.74, 6) is 0. The Kier molecular flexibility index (Phi) is 4.54. The second-order valence-corrected chi connectivity index (χ2v) is 4.20. The van der Waals surface area contributed by atoms with Crippen LogP contribution in [0.5, 0.6) is 0 Å². The summed E-state index contributed by atoms with van der Waals surface area (Å²) in [7, 11) is 0. The summed E-state index contributed by atoms with van der Waals surface area (Å²) in [6, 6.07) is 10.5. The number of hydrogen-bond donors (Lipinski definition) is 0. The molecule has 74 valence electrons. The number of hydrogen-bond acceptors (Lipinski definition) is 1. The van der Waals surface area contributed by atoms with Gasteiger partial charge in [0.15, 0.2) is 0 Å². The van der Waals surface area contributed by atoms with Gasteiger partial charge in [-0.05, 0) is 31.7 Å². The van der Waals surface area contributed by atoms with Crippen molar-refractivity contribution in [1.29, 1.82) is 0 Å². The topological polar surface area (TPSA) is 0 Å². The molecule has 1 heteroatoms. The van der Waals surface area contributed by atoms with Gasteiger partial charge in [-0.15, -0.1) is 0 Å². The van der Waals surface area contributed by atoms with E-state index in [4.69, 9.17) is 0 Å². The number of rotatable bonds is 3. The Morgan fingerprint density at radius 2 is 1.79 bits per heavy atom. The largest absolute Gasteiger partial charge is 0.0979 e. The van der Waals surface area contributed by atoms with E-state index in [2.05, 4.69) is 49.6 Å². The minimum Gasteiger partial charge on any atom is -0.0979 e. The van der Waals surface area contributed by atoms with Gasteiger partial charge in [-0.3, -0.25) is 0 Å². The number of allylic oxidation sites excluding steroid dienone is 2. The van der Waals surface area contributed by atoms with Crippen molar-refractivity contribution in [3.63, 3.8) is 0 Å². The highest BCUT2D eigenvalue weighted by Gasteiger charge is 2.01. The van der Waals surface area contributed by atoms with Crippen LogP contribution in [0.4, 0.5) is 0 Å². The average Bonchev–Trinajstić information content (AvgIpc) is 2.19. The molecule has 0 spiro atoms. The first-order valence-electron chi connectivity index (χ1n) is 4.76. The van der Waals surface area contributed by atoms with Gasteiger partial charge in [-0.25, -0.2) is 0 Å². The van der Waals surface area contributed by atoms with E-state index in [1.54, 1.807) is 11.8 Å². The van der Waals surface area contributed by atoms with Gasteiger partial charge in [0.05, 0.1) is 0 Å². The molecule has 0 aliphatic heterocycles. The Morgan fingerprint density at radius 1 is 1.14 bits per heavy atom. The monoisotopic (exact) mass is 204 g/mol. The lowest BCUT2D eigenvalue weighted by Gasteiger charge is -2.06. The van der Waals surface area contributed by atoms with Crippen LogP contribution in [0.3, 0.4) is 0 Å². The fourth-order valence-corrected chi connectivity index (χ4v) is 1.98. The van der Waals surface area contributed by atoms with E-state index in [1.165, 1.54) is 16.0 Å². The Bertz CT molecular complexity index is 330. The lowest BCUT2D eigenvalue weighted by atomic mass is 10.1. The molecule has 0 unspecified atom stereocenters. The molecular formula is C13H16S. The molecule has 14 heavy (non-hydrogen) atoms. The molecule has 0 saturated carbocycles. The lowest BCUT2D eigenvalue weighted by Crippen LogP contribution is -1.80. The molecule has 0 radical (unpaired) electrons. The Hall–Kier alpha value is -0.950. The average molecular weight is 204 g/mol. The van der Waals surface area contributed by atoms with E-state index in [-0.39, 0.29) is 0 Å². The Morgan fingerprint density at radius 3 is 2.29 bits per heavy atom. The molecule has 0 aromatic heterocycles. The van der Waals surface area contributed by atoms with Crippen LogP contribution in [0, 0.1) is 0 Å². The van der Waals surface area contributed by atoms with Gasteiger partial charge in [0.2, 0.25) is 0 Å². The third-order valence-electron chi connectivity index (χ3n) is 1.81. The van der Waals surface area contributed by atoms with E-state index in [9.17, 15) is 0 Å². The Labute approximate surface area is 90.7 Å². The van der Waals surface area contributed by atoms with E-state index in [0.717, 1.165) is 0 Å². The van der Waals surface area contributed by atoms with Crippen molar-refractivity contribution >= 4 is 16.7 Å². The minimum absolute atomic E-state index is 1.30. The molecule has 0 amide bonds. The van der Waals surface area contributed by atoms with Gasteiger partial charge in [-0.2, -0.15) is 0 Å². The molecule has 0 saturated heterocycles. The van der Waals surface area contributed by atoms with Gasteiger partial charge in [-0.1, -0.05) is 53.7 Å². The first-order valence-corrected chi connectivity index (χ1v) is 5.64. The van der Waals surface area contributed by atoms with Crippen molar-refractivity contribution in [1.82, 2.24) is 0 Å². The van der Waals surface area contributed by atoms with Gasteiger partial charge in [0.25, 0.3) is 0 Å². The smallest absolute Gasteiger partial charge is 0.0175 e. The van der Waals surface area contributed by atoms with E-state index in [1.807, 2.05) is 13.0 Å². The minimum atomic E-state index is 1.30. The predicted octanol–water partition coefficient (Wildman–Crippen LogP) is 4.70. The summed E-state index contributed by atoms with van der Waals surface area (Å²) in [5, 5.41) is 2.12. The second-order valence-electron chi connectivity index (χ2n) is 3.28. The highest BCUT2D eigenvalue weighted by molar-refractivity contribution is 8.10. The van der Waals surface area contributed by atoms with Crippen LogP contribution >= 0.6 is 11.8 Å². The van der Waals surface area contributed by atoms with Crippen molar-refractivity contribution in [3.05, 3.63) is 53.0 Å². The van der Waals surface area contributed by atoms with Crippen molar-refractivity contribution in [2.75, 3.05) is 0 Å². The van der Waals surface area contributed by atoms with Gasteiger partial charge < -0.3 is 0 Å². The molecule has 0 fully saturated rings. The van der Waals surface area contributed by atoms with Crippen LogP contribution in [0.1, 0.15) is 26.3 Å². The summed E-state index contributed by atoms with van der Waals surface area (Å²) in [5.41, 5.74) is 2.66. The molecule has 0 heterocycles. The summed E-state index contributed by atoms with van der Waals surface area (Å²) in [6.45, 7) is 6.35. The third kappa shape index (κ3) is 3.08. The summed E-state index contributed by atoms with van der Waals surface area (Å²) >= 11 is 1.78. The van der Waals surface area contributed by atoms with E-state index in [0.29, 0.717) is 0 Å². The summed E-state index contributed by atoms with van der Waals surface area (Å²) in [4.78, 5) is 1.35. The zero-order valence-electron chi connectivity index (χ0n) is 8.95. The van der Waals surface area contributed by atoms with Gasteiger partial charge in [0.1, 0.15) is 0 Å². The summed E-state index contributed by atoms with van der Waals surface area (Å²) < 4.78 is 0. The lowest BCUT2D eigenvalue weighted by molar-refractivity contribution is 1.41. The normalized spacial score (nSPS) is 10.5. The quantitative estimate of drug-likeness (QED) is 0.687. The number of thioether (sulfide) groups is 1. The first kappa shape index (κ1) is 11.1. The molecule has 0 N–H and O–H groups in total.